The molecule has 0 radical (unpaired) electrons. The number of rotatable bonds is 3. The third-order valence-electron chi connectivity index (χ3n) is 3.32. The Labute approximate surface area is 124 Å². The Kier molecular flexibility index (Phi) is 4.31. The van der Waals surface area contributed by atoms with Crippen molar-refractivity contribution in [1.82, 2.24) is 0 Å². The molecule has 1 atom stereocenters. The van der Waals surface area contributed by atoms with E-state index in [2.05, 4.69) is 85.3 Å². The summed E-state index contributed by atoms with van der Waals surface area (Å²) in [5, 5.41) is 3.59. The molecule has 0 bridgehead atoms. The van der Waals surface area contributed by atoms with Gasteiger partial charge in [0.15, 0.2) is 0 Å². The van der Waals surface area contributed by atoms with E-state index in [9.17, 15) is 0 Å². The van der Waals surface area contributed by atoms with Gasteiger partial charge in [0.05, 0.1) is 0 Å². The number of halogens is 1. The van der Waals surface area contributed by atoms with Gasteiger partial charge in [-0.2, -0.15) is 0 Å². The van der Waals surface area contributed by atoms with E-state index in [4.69, 9.17) is 0 Å². The molecule has 0 aliphatic rings. The van der Waals surface area contributed by atoms with Gasteiger partial charge in [-0.15, -0.1) is 0 Å². The van der Waals surface area contributed by atoms with Crippen LogP contribution in [0.4, 0.5) is 5.69 Å². The van der Waals surface area contributed by atoms with Gasteiger partial charge in [-0.3, -0.25) is 0 Å². The predicted molar refractivity (Wildman–Crippen MR) is 86.8 cm³/mol. The molecule has 0 heterocycles. The van der Waals surface area contributed by atoms with Gasteiger partial charge < -0.3 is 5.32 Å². The second-order valence-corrected chi connectivity index (χ2v) is 6.16. The van der Waals surface area contributed by atoms with Gasteiger partial charge >= 0.3 is 0 Å². The SMILES string of the molecule is Cc1cc(C)cc(C(C)Nc2cc(Br)ccc2C)c1. The number of nitrogens with one attached hydrogen (secondary N) is 1. The van der Waals surface area contributed by atoms with Crippen LogP contribution in [0.2, 0.25) is 0 Å². The average molecular weight is 318 g/mol. The Balaban J connectivity index is 2.25. The highest BCUT2D eigenvalue weighted by molar-refractivity contribution is 9.10. The highest BCUT2D eigenvalue weighted by Gasteiger charge is 2.08. The molecule has 0 fully saturated rings. The van der Waals surface area contributed by atoms with Gasteiger partial charge in [-0.05, 0) is 51.0 Å². The van der Waals surface area contributed by atoms with Gasteiger partial charge in [0, 0.05) is 16.2 Å². The normalized spacial score (nSPS) is 12.3. The summed E-state index contributed by atoms with van der Waals surface area (Å²) >= 11 is 3.53. The van der Waals surface area contributed by atoms with E-state index in [0.29, 0.717) is 6.04 Å². The van der Waals surface area contributed by atoms with Gasteiger partial charge in [0.2, 0.25) is 0 Å². The van der Waals surface area contributed by atoms with Crippen LogP contribution in [-0.4, -0.2) is 0 Å². The van der Waals surface area contributed by atoms with E-state index in [1.54, 1.807) is 0 Å². The fourth-order valence-corrected chi connectivity index (χ4v) is 2.69. The van der Waals surface area contributed by atoms with Crippen LogP contribution < -0.4 is 5.32 Å². The Hall–Kier alpha value is -1.28. The van der Waals surface area contributed by atoms with E-state index in [-0.39, 0.29) is 0 Å². The number of anilines is 1. The molecule has 2 rings (SSSR count). The Bertz CT molecular complexity index is 570. The Morgan fingerprint density at radius 3 is 2.21 bits per heavy atom. The van der Waals surface area contributed by atoms with Crippen molar-refractivity contribution in [1.29, 1.82) is 0 Å². The first-order chi connectivity index (χ1) is 8.95. The van der Waals surface area contributed by atoms with Crippen LogP contribution in [0.3, 0.4) is 0 Å². The smallest absolute Gasteiger partial charge is 0.0485 e. The van der Waals surface area contributed by atoms with Crippen molar-refractivity contribution >= 4 is 21.6 Å². The molecule has 0 saturated carbocycles. The van der Waals surface area contributed by atoms with Crippen LogP contribution in [0.5, 0.6) is 0 Å². The maximum atomic E-state index is 3.59. The van der Waals surface area contributed by atoms with Crippen LogP contribution in [0.1, 0.15) is 35.2 Å². The zero-order valence-corrected chi connectivity index (χ0v) is 13.5. The summed E-state index contributed by atoms with van der Waals surface area (Å²) in [5.41, 5.74) is 6.40. The molecule has 2 aromatic rings. The van der Waals surface area contributed by atoms with Crippen LogP contribution in [0.15, 0.2) is 40.9 Å². The Morgan fingerprint density at radius 1 is 0.947 bits per heavy atom. The van der Waals surface area contributed by atoms with E-state index >= 15 is 0 Å². The van der Waals surface area contributed by atoms with E-state index in [1.165, 1.54) is 27.9 Å². The molecular formula is C17H20BrN. The summed E-state index contributed by atoms with van der Waals surface area (Å²) in [4.78, 5) is 0. The topological polar surface area (TPSA) is 12.0 Å². The quantitative estimate of drug-likeness (QED) is 0.782. The van der Waals surface area contributed by atoms with Crippen molar-refractivity contribution in [3.8, 4) is 0 Å². The van der Waals surface area contributed by atoms with E-state index in [0.717, 1.165) is 4.47 Å². The van der Waals surface area contributed by atoms with Gasteiger partial charge in [-0.25, -0.2) is 0 Å². The molecule has 1 unspecified atom stereocenters. The lowest BCUT2D eigenvalue weighted by Gasteiger charge is -2.19. The minimum absolute atomic E-state index is 0.298. The number of benzene rings is 2. The lowest BCUT2D eigenvalue weighted by Crippen LogP contribution is -2.08. The number of aryl methyl sites for hydroxylation is 3. The van der Waals surface area contributed by atoms with Gasteiger partial charge in [0.25, 0.3) is 0 Å². The molecule has 0 spiro atoms. The summed E-state index contributed by atoms with van der Waals surface area (Å²) in [7, 11) is 0. The summed E-state index contributed by atoms with van der Waals surface area (Å²) in [6.07, 6.45) is 0. The molecule has 100 valence electrons. The zero-order chi connectivity index (χ0) is 14.0. The fourth-order valence-electron chi connectivity index (χ4n) is 2.33. The fraction of sp³-hybridized carbons (Fsp3) is 0.294. The van der Waals surface area contributed by atoms with Crippen LogP contribution in [0, 0.1) is 20.8 Å². The predicted octanol–water partition coefficient (Wildman–Crippen LogP) is 5.55. The summed E-state index contributed by atoms with van der Waals surface area (Å²) in [6, 6.07) is 13.3. The van der Waals surface area contributed by atoms with Crippen LogP contribution in [-0.2, 0) is 0 Å². The molecule has 0 aliphatic heterocycles. The Morgan fingerprint density at radius 2 is 1.58 bits per heavy atom. The minimum Gasteiger partial charge on any atom is -0.378 e. The van der Waals surface area contributed by atoms with E-state index < -0.39 is 0 Å². The molecular weight excluding hydrogens is 298 g/mol. The second-order valence-electron chi connectivity index (χ2n) is 5.25. The molecule has 1 nitrogen and oxygen atoms in total. The first-order valence-electron chi connectivity index (χ1n) is 6.56. The maximum Gasteiger partial charge on any atom is 0.0485 e. The van der Waals surface area contributed by atoms with Crippen LogP contribution in [0.25, 0.3) is 0 Å². The van der Waals surface area contributed by atoms with Crippen molar-refractivity contribution in [2.24, 2.45) is 0 Å². The highest BCUT2D eigenvalue weighted by atomic mass is 79.9. The van der Waals surface area contributed by atoms with Crippen molar-refractivity contribution in [2.45, 2.75) is 33.7 Å². The van der Waals surface area contributed by atoms with Crippen molar-refractivity contribution in [3.05, 3.63) is 63.1 Å². The standard InChI is InChI=1S/C17H20BrN/c1-11-7-12(2)9-15(8-11)14(4)19-17-10-16(18)6-5-13(17)3/h5-10,14,19H,1-4H3. The average Bonchev–Trinajstić information content (AvgIpc) is 2.32. The monoisotopic (exact) mass is 317 g/mol. The zero-order valence-electron chi connectivity index (χ0n) is 11.9. The first-order valence-corrected chi connectivity index (χ1v) is 7.36. The summed E-state index contributed by atoms with van der Waals surface area (Å²) in [5.74, 6) is 0. The van der Waals surface area contributed by atoms with Gasteiger partial charge in [0.1, 0.15) is 0 Å². The lowest BCUT2D eigenvalue weighted by atomic mass is 10.0. The molecule has 2 aromatic carbocycles. The second kappa shape index (κ2) is 5.79. The van der Waals surface area contributed by atoms with Crippen molar-refractivity contribution in [3.63, 3.8) is 0 Å². The van der Waals surface area contributed by atoms with E-state index in [1.807, 2.05) is 0 Å². The summed E-state index contributed by atoms with van der Waals surface area (Å²) < 4.78 is 1.10. The first kappa shape index (κ1) is 14.1. The molecule has 0 amide bonds. The maximum absolute atomic E-state index is 3.59. The number of hydrogen-bond donors (Lipinski definition) is 1. The largest absolute Gasteiger partial charge is 0.378 e. The molecule has 1 N–H and O–H groups in total. The van der Waals surface area contributed by atoms with Crippen LogP contribution >= 0.6 is 15.9 Å². The molecule has 19 heavy (non-hydrogen) atoms. The van der Waals surface area contributed by atoms with Crippen molar-refractivity contribution < 1.29 is 0 Å². The summed E-state index contributed by atoms with van der Waals surface area (Å²) in [6.45, 7) is 8.62. The van der Waals surface area contributed by atoms with Gasteiger partial charge in [-0.1, -0.05) is 51.3 Å². The highest BCUT2D eigenvalue weighted by Crippen LogP contribution is 2.26. The minimum atomic E-state index is 0.298. The molecule has 0 aromatic heterocycles. The molecule has 0 aliphatic carbocycles. The lowest BCUT2D eigenvalue weighted by molar-refractivity contribution is 0.878. The molecule has 2 heteroatoms. The van der Waals surface area contributed by atoms with Crippen molar-refractivity contribution in [2.75, 3.05) is 5.32 Å². The number of hydrogen-bond acceptors (Lipinski definition) is 1. The third-order valence-corrected chi connectivity index (χ3v) is 3.81. The third kappa shape index (κ3) is 3.60. The molecule has 0 saturated heterocycles.